The fraction of sp³-hybridized carbons (Fsp3) is 0.600. The molecule has 0 saturated carbocycles. The van der Waals surface area contributed by atoms with E-state index in [2.05, 4.69) is 4.99 Å². The van der Waals surface area contributed by atoms with Crippen molar-refractivity contribution >= 4 is 11.9 Å². The molecule has 2 aliphatic heterocycles. The van der Waals surface area contributed by atoms with Crippen molar-refractivity contribution in [1.82, 2.24) is 4.90 Å². The first-order valence-corrected chi connectivity index (χ1v) is 5.21. The van der Waals surface area contributed by atoms with Crippen molar-refractivity contribution in [3.8, 4) is 0 Å². The molecule has 1 atom stereocenters. The van der Waals surface area contributed by atoms with E-state index in [1.54, 1.807) is 11.1 Å². The van der Waals surface area contributed by atoms with Gasteiger partial charge in [0, 0.05) is 12.6 Å². The van der Waals surface area contributed by atoms with Crippen LogP contribution in [0.2, 0.25) is 0 Å². The molecular weight excluding hydrogens is 194 g/mol. The van der Waals surface area contributed by atoms with Crippen LogP contribution >= 0.6 is 0 Å². The van der Waals surface area contributed by atoms with E-state index in [0.717, 1.165) is 18.7 Å². The largest absolute Gasteiger partial charge is 0.444 e. The number of hydrogen-bond donors (Lipinski definition) is 1. The molecule has 1 fully saturated rings. The Hall–Kier alpha value is -1.36. The van der Waals surface area contributed by atoms with Crippen molar-refractivity contribution in [2.45, 2.75) is 25.4 Å². The normalized spacial score (nSPS) is 25.4. The Morgan fingerprint density at radius 1 is 1.67 bits per heavy atom. The van der Waals surface area contributed by atoms with Crippen LogP contribution in [-0.4, -0.2) is 36.0 Å². The van der Waals surface area contributed by atoms with Gasteiger partial charge in [-0.2, -0.15) is 0 Å². The molecule has 82 valence electrons. The van der Waals surface area contributed by atoms with Crippen molar-refractivity contribution < 1.29 is 9.53 Å². The number of amidine groups is 1. The summed E-state index contributed by atoms with van der Waals surface area (Å²) in [6, 6.07) is 0. The molecule has 0 bridgehead atoms. The predicted octanol–water partition coefficient (Wildman–Crippen LogP) is 0.862. The van der Waals surface area contributed by atoms with Crippen LogP contribution < -0.4 is 5.73 Å². The van der Waals surface area contributed by atoms with Crippen molar-refractivity contribution in [2.75, 3.05) is 13.1 Å². The Balaban J connectivity index is 2.01. The van der Waals surface area contributed by atoms with Crippen molar-refractivity contribution in [3.05, 3.63) is 12.3 Å². The molecule has 1 saturated heterocycles. The minimum Gasteiger partial charge on any atom is -0.444 e. The zero-order chi connectivity index (χ0) is 10.7. The van der Waals surface area contributed by atoms with Gasteiger partial charge in [0.25, 0.3) is 0 Å². The number of carbonyl (C=O) groups is 1. The molecule has 1 amide bonds. The van der Waals surface area contributed by atoms with Gasteiger partial charge in [0.15, 0.2) is 0 Å². The van der Waals surface area contributed by atoms with E-state index in [4.69, 9.17) is 10.5 Å². The Kier molecular flexibility index (Phi) is 3.01. The van der Waals surface area contributed by atoms with E-state index >= 15 is 0 Å². The average Bonchev–Trinajstić information content (AvgIpc) is 2.61. The van der Waals surface area contributed by atoms with Crippen LogP contribution in [0.25, 0.3) is 0 Å². The van der Waals surface area contributed by atoms with Gasteiger partial charge in [0.05, 0.1) is 6.54 Å². The molecule has 0 aromatic carbocycles. The molecule has 0 radical (unpaired) electrons. The van der Waals surface area contributed by atoms with Crippen molar-refractivity contribution in [1.29, 1.82) is 0 Å². The van der Waals surface area contributed by atoms with Crippen LogP contribution in [-0.2, 0) is 4.74 Å². The summed E-state index contributed by atoms with van der Waals surface area (Å²) in [5.41, 5.74) is 5.43. The third-order valence-corrected chi connectivity index (χ3v) is 2.54. The summed E-state index contributed by atoms with van der Waals surface area (Å²) in [6.07, 6.45) is 5.82. The lowest BCUT2D eigenvalue weighted by Crippen LogP contribution is -2.32. The molecule has 2 N–H and O–H groups in total. The SMILES string of the molecule is NCC[C@H]1CN(C2=NC=CCC2)C(=O)O1. The second kappa shape index (κ2) is 4.44. The first-order valence-electron chi connectivity index (χ1n) is 5.21. The van der Waals surface area contributed by atoms with Gasteiger partial charge in [-0.3, -0.25) is 4.90 Å². The average molecular weight is 209 g/mol. The Morgan fingerprint density at radius 2 is 2.53 bits per heavy atom. The number of aliphatic imine (C=N–C) groups is 1. The minimum absolute atomic E-state index is 0.0730. The quantitative estimate of drug-likeness (QED) is 0.733. The van der Waals surface area contributed by atoms with Gasteiger partial charge in [-0.1, -0.05) is 6.08 Å². The maximum absolute atomic E-state index is 11.5. The summed E-state index contributed by atoms with van der Waals surface area (Å²) in [7, 11) is 0. The monoisotopic (exact) mass is 209 g/mol. The molecule has 0 unspecified atom stereocenters. The molecule has 2 aliphatic rings. The van der Waals surface area contributed by atoms with E-state index in [-0.39, 0.29) is 12.2 Å². The van der Waals surface area contributed by atoms with Gasteiger partial charge in [-0.05, 0) is 19.4 Å². The number of ether oxygens (including phenoxy) is 1. The lowest BCUT2D eigenvalue weighted by Gasteiger charge is -2.16. The molecule has 0 aromatic rings. The van der Waals surface area contributed by atoms with Gasteiger partial charge in [0.1, 0.15) is 11.9 Å². The molecule has 0 spiro atoms. The van der Waals surface area contributed by atoms with Gasteiger partial charge < -0.3 is 10.5 Å². The van der Waals surface area contributed by atoms with Crippen molar-refractivity contribution in [3.63, 3.8) is 0 Å². The van der Waals surface area contributed by atoms with Gasteiger partial charge >= 0.3 is 6.09 Å². The van der Waals surface area contributed by atoms with E-state index < -0.39 is 0 Å². The lowest BCUT2D eigenvalue weighted by atomic mass is 10.2. The predicted molar refractivity (Wildman–Crippen MR) is 56.5 cm³/mol. The van der Waals surface area contributed by atoms with Crippen LogP contribution in [0.4, 0.5) is 4.79 Å². The standard InChI is InChI=1S/C10H15N3O2/c11-5-4-8-7-13(10(14)15-8)9-3-1-2-6-12-9/h2,6,8H,1,3-5,7,11H2/t8-/m0/s1. The highest BCUT2D eigenvalue weighted by molar-refractivity contribution is 5.97. The number of amides is 1. The smallest absolute Gasteiger partial charge is 0.415 e. The molecule has 15 heavy (non-hydrogen) atoms. The highest BCUT2D eigenvalue weighted by Crippen LogP contribution is 2.17. The number of nitrogens with two attached hydrogens (primary N) is 1. The first kappa shape index (κ1) is 10.2. The minimum atomic E-state index is -0.289. The Labute approximate surface area is 88.6 Å². The van der Waals surface area contributed by atoms with E-state index in [1.807, 2.05) is 6.08 Å². The van der Waals surface area contributed by atoms with Gasteiger partial charge in [-0.25, -0.2) is 9.79 Å². The number of rotatable bonds is 2. The topological polar surface area (TPSA) is 67.9 Å². The highest BCUT2D eigenvalue weighted by atomic mass is 16.6. The second-order valence-electron chi connectivity index (χ2n) is 3.66. The van der Waals surface area contributed by atoms with Crippen molar-refractivity contribution in [2.24, 2.45) is 10.7 Å². The maximum atomic E-state index is 11.5. The fourth-order valence-electron chi connectivity index (χ4n) is 1.76. The maximum Gasteiger partial charge on any atom is 0.415 e. The van der Waals surface area contributed by atoms with Crippen LogP contribution in [0, 0.1) is 0 Å². The van der Waals surface area contributed by atoms with E-state index in [1.165, 1.54) is 0 Å². The summed E-state index contributed by atoms with van der Waals surface area (Å²) < 4.78 is 5.17. The molecule has 5 heteroatoms. The summed E-state index contributed by atoms with van der Waals surface area (Å²) in [5, 5.41) is 0. The van der Waals surface area contributed by atoms with Crippen LogP contribution in [0.3, 0.4) is 0 Å². The van der Waals surface area contributed by atoms with E-state index in [0.29, 0.717) is 19.5 Å². The third kappa shape index (κ3) is 2.18. The zero-order valence-electron chi connectivity index (χ0n) is 8.56. The molecule has 0 aromatic heterocycles. The molecule has 0 aliphatic carbocycles. The van der Waals surface area contributed by atoms with Crippen LogP contribution in [0.5, 0.6) is 0 Å². The number of hydrogen-bond acceptors (Lipinski definition) is 4. The summed E-state index contributed by atoms with van der Waals surface area (Å²) in [4.78, 5) is 17.3. The highest BCUT2D eigenvalue weighted by Gasteiger charge is 2.33. The Bertz CT molecular complexity index is 312. The summed E-state index contributed by atoms with van der Waals surface area (Å²) in [6.45, 7) is 1.13. The molecular formula is C10H15N3O2. The summed E-state index contributed by atoms with van der Waals surface area (Å²) in [5.74, 6) is 0.807. The number of allylic oxidation sites excluding steroid dienone is 1. The van der Waals surface area contributed by atoms with Gasteiger partial charge in [0.2, 0.25) is 0 Å². The number of carbonyl (C=O) groups excluding carboxylic acids is 1. The van der Waals surface area contributed by atoms with Gasteiger partial charge in [-0.15, -0.1) is 0 Å². The molecule has 2 rings (SSSR count). The zero-order valence-corrected chi connectivity index (χ0v) is 8.56. The van der Waals surface area contributed by atoms with Crippen LogP contribution in [0.15, 0.2) is 17.3 Å². The Morgan fingerprint density at radius 3 is 3.20 bits per heavy atom. The third-order valence-electron chi connectivity index (χ3n) is 2.54. The van der Waals surface area contributed by atoms with E-state index in [9.17, 15) is 4.79 Å². The van der Waals surface area contributed by atoms with Crippen LogP contribution in [0.1, 0.15) is 19.3 Å². The molecule has 5 nitrogen and oxygen atoms in total. The summed E-state index contributed by atoms with van der Waals surface area (Å²) >= 11 is 0. The first-order chi connectivity index (χ1) is 7.31. The second-order valence-corrected chi connectivity index (χ2v) is 3.66. The molecule has 2 heterocycles. The number of nitrogens with zero attached hydrogens (tertiary/aromatic N) is 2. The fourth-order valence-corrected chi connectivity index (χ4v) is 1.76. The number of cyclic esters (lactones) is 1. The lowest BCUT2D eigenvalue weighted by molar-refractivity contribution is 0.133.